The van der Waals surface area contributed by atoms with Crippen LogP contribution in [0, 0.1) is 6.92 Å². The van der Waals surface area contributed by atoms with Gasteiger partial charge in [-0.15, -0.1) is 0 Å². The monoisotopic (exact) mass is 387 g/mol. The molecule has 7 nitrogen and oxygen atoms in total. The lowest BCUT2D eigenvalue weighted by atomic mass is 10.1. The van der Waals surface area contributed by atoms with Crippen molar-refractivity contribution in [3.8, 4) is 0 Å². The minimum atomic E-state index is -3.07. The van der Waals surface area contributed by atoms with E-state index in [1.165, 1.54) is 18.3 Å². The van der Waals surface area contributed by atoms with Crippen LogP contribution in [0.15, 0.2) is 42.6 Å². The molecule has 3 rings (SSSR count). The lowest BCUT2D eigenvalue weighted by Gasteiger charge is -2.11. The highest BCUT2D eigenvalue weighted by atomic mass is 32.2. The van der Waals surface area contributed by atoms with E-state index >= 15 is 0 Å². The third kappa shape index (κ3) is 5.13. The largest absolute Gasteiger partial charge is 0.348 e. The fraction of sp³-hybridized carbons (Fsp3) is 0.316. The molecule has 1 aliphatic heterocycles. The first kappa shape index (κ1) is 19.0. The summed E-state index contributed by atoms with van der Waals surface area (Å²) >= 11 is 0. The summed E-state index contributed by atoms with van der Waals surface area (Å²) in [4.78, 5) is 28.7. The molecule has 1 unspecified atom stereocenters. The van der Waals surface area contributed by atoms with Crippen molar-refractivity contribution in [2.45, 2.75) is 25.9 Å². The topological polar surface area (TPSA) is 105 Å². The summed E-state index contributed by atoms with van der Waals surface area (Å²) in [6.07, 6.45) is 1.80. The first-order chi connectivity index (χ1) is 12.8. The van der Waals surface area contributed by atoms with Gasteiger partial charge in [-0.25, -0.2) is 8.42 Å². The molecule has 0 aliphatic carbocycles. The first-order valence-corrected chi connectivity index (χ1v) is 10.5. The summed E-state index contributed by atoms with van der Waals surface area (Å²) in [7, 11) is -3.07. The van der Waals surface area contributed by atoms with Gasteiger partial charge in [0.15, 0.2) is 9.84 Å². The molecule has 2 N–H and O–H groups in total. The average molecular weight is 387 g/mol. The molecule has 1 fully saturated rings. The predicted molar refractivity (Wildman–Crippen MR) is 101 cm³/mol. The van der Waals surface area contributed by atoms with Gasteiger partial charge in [-0.1, -0.05) is 29.8 Å². The smallest absolute Gasteiger partial charge is 0.270 e. The zero-order valence-electron chi connectivity index (χ0n) is 14.9. The highest BCUT2D eigenvalue weighted by molar-refractivity contribution is 7.91. The van der Waals surface area contributed by atoms with Crippen molar-refractivity contribution in [3.05, 3.63) is 65.0 Å². The average Bonchev–Trinajstić information content (AvgIpc) is 2.98. The van der Waals surface area contributed by atoms with Crippen LogP contribution in [0.5, 0.6) is 0 Å². The molecule has 8 heteroatoms. The van der Waals surface area contributed by atoms with Gasteiger partial charge in [-0.2, -0.15) is 0 Å². The molecule has 2 heterocycles. The number of hydrogen-bond donors (Lipinski definition) is 2. The van der Waals surface area contributed by atoms with Crippen molar-refractivity contribution in [1.82, 2.24) is 15.6 Å². The van der Waals surface area contributed by atoms with E-state index in [0.717, 1.165) is 11.1 Å². The van der Waals surface area contributed by atoms with Gasteiger partial charge < -0.3 is 10.6 Å². The van der Waals surface area contributed by atoms with Gasteiger partial charge in [0.2, 0.25) is 0 Å². The maximum atomic E-state index is 12.3. The van der Waals surface area contributed by atoms with Gasteiger partial charge in [0.1, 0.15) is 5.69 Å². The number of rotatable bonds is 5. The Hall–Kier alpha value is -2.74. The van der Waals surface area contributed by atoms with Crippen LogP contribution in [0.25, 0.3) is 0 Å². The lowest BCUT2D eigenvalue weighted by Crippen LogP contribution is -2.35. The molecule has 0 spiro atoms. The molecule has 1 atom stereocenters. The van der Waals surface area contributed by atoms with Crippen LogP contribution >= 0.6 is 0 Å². The van der Waals surface area contributed by atoms with Crippen molar-refractivity contribution < 1.29 is 18.0 Å². The lowest BCUT2D eigenvalue weighted by molar-refractivity contribution is 0.0941. The van der Waals surface area contributed by atoms with Crippen molar-refractivity contribution in [1.29, 1.82) is 0 Å². The number of pyridine rings is 1. The van der Waals surface area contributed by atoms with E-state index < -0.39 is 21.8 Å². The number of hydrogen-bond acceptors (Lipinski definition) is 5. The van der Waals surface area contributed by atoms with Crippen LogP contribution in [0.3, 0.4) is 0 Å². The molecule has 142 valence electrons. The van der Waals surface area contributed by atoms with Crippen LogP contribution < -0.4 is 10.6 Å². The Bertz CT molecular complexity index is 972. The maximum Gasteiger partial charge on any atom is 0.270 e. The summed E-state index contributed by atoms with van der Waals surface area (Å²) in [5, 5.41) is 5.48. The Balaban J connectivity index is 1.62. The Morgan fingerprint density at radius 3 is 2.70 bits per heavy atom. The molecule has 0 bridgehead atoms. The molecule has 1 aromatic heterocycles. The van der Waals surface area contributed by atoms with E-state index in [4.69, 9.17) is 0 Å². The highest BCUT2D eigenvalue weighted by Gasteiger charge is 2.29. The third-order valence-electron chi connectivity index (χ3n) is 4.36. The Morgan fingerprint density at radius 2 is 2.00 bits per heavy atom. The van der Waals surface area contributed by atoms with E-state index in [1.54, 1.807) is 0 Å². The predicted octanol–water partition coefficient (Wildman–Crippen LogP) is 1.24. The van der Waals surface area contributed by atoms with Gasteiger partial charge in [-0.3, -0.25) is 14.6 Å². The Kier molecular flexibility index (Phi) is 5.55. The molecular weight excluding hydrogens is 366 g/mol. The molecule has 1 saturated heterocycles. The van der Waals surface area contributed by atoms with Crippen molar-refractivity contribution >= 4 is 21.7 Å². The number of aromatic nitrogens is 1. The number of nitrogens with one attached hydrogen (secondary N) is 2. The van der Waals surface area contributed by atoms with Crippen LogP contribution in [-0.2, 0) is 16.4 Å². The minimum absolute atomic E-state index is 0.0480. The van der Waals surface area contributed by atoms with Crippen LogP contribution in [0.4, 0.5) is 0 Å². The summed E-state index contributed by atoms with van der Waals surface area (Å²) in [5.41, 5.74) is 2.48. The van der Waals surface area contributed by atoms with Crippen LogP contribution in [0.2, 0.25) is 0 Å². The number of aryl methyl sites for hydroxylation is 1. The van der Waals surface area contributed by atoms with E-state index in [1.807, 2.05) is 31.2 Å². The number of amides is 2. The molecule has 1 aliphatic rings. The summed E-state index contributed by atoms with van der Waals surface area (Å²) in [6, 6.07) is 10.3. The quantitative estimate of drug-likeness (QED) is 0.803. The van der Waals surface area contributed by atoms with E-state index in [-0.39, 0.29) is 28.7 Å². The van der Waals surface area contributed by atoms with Gasteiger partial charge in [0.25, 0.3) is 11.8 Å². The first-order valence-electron chi connectivity index (χ1n) is 8.63. The minimum Gasteiger partial charge on any atom is -0.348 e. The number of carbonyl (C=O) groups is 2. The van der Waals surface area contributed by atoms with Crippen LogP contribution in [-0.4, -0.2) is 42.8 Å². The fourth-order valence-corrected chi connectivity index (χ4v) is 4.64. The van der Waals surface area contributed by atoms with Gasteiger partial charge in [0.05, 0.1) is 11.5 Å². The molecule has 0 radical (unpaired) electrons. The second-order valence-corrected chi connectivity index (χ2v) is 8.90. The zero-order chi connectivity index (χ0) is 19.4. The van der Waals surface area contributed by atoms with Gasteiger partial charge in [-0.05, 0) is 31.0 Å². The highest BCUT2D eigenvalue weighted by Crippen LogP contribution is 2.12. The summed E-state index contributed by atoms with van der Waals surface area (Å²) in [6.45, 7) is 2.34. The second kappa shape index (κ2) is 7.87. The normalized spacial score (nSPS) is 18.0. The molecule has 0 saturated carbocycles. The molecule has 2 aromatic rings. The van der Waals surface area contributed by atoms with E-state index in [2.05, 4.69) is 15.6 Å². The summed E-state index contributed by atoms with van der Waals surface area (Å²) in [5.74, 6) is -0.754. The number of sulfone groups is 1. The molecule has 2 amide bonds. The summed E-state index contributed by atoms with van der Waals surface area (Å²) < 4.78 is 23.0. The number of nitrogens with zero attached hydrogens (tertiary/aromatic N) is 1. The Morgan fingerprint density at radius 1 is 1.19 bits per heavy atom. The Labute approximate surface area is 158 Å². The van der Waals surface area contributed by atoms with Gasteiger partial charge >= 0.3 is 0 Å². The van der Waals surface area contributed by atoms with Crippen molar-refractivity contribution in [2.24, 2.45) is 0 Å². The molecular formula is C19H21N3O4S. The zero-order valence-corrected chi connectivity index (χ0v) is 15.8. The van der Waals surface area contributed by atoms with E-state index in [0.29, 0.717) is 13.0 Å². The second-order valence-electron chi connectivity index (χ2n) is 6.67. The molecule has 1 aromatic carbocycles. The number of benzene rings is 1. The fourth-order valence-electron chi connectivity index (χ4n) is 2.97. The van der Waals surface area contributed by atoms with E-state index in [9.17, 15) is 18.0 Å². The van der Waals surface area contributed by atoms with Gasteiger partial charge in [0, 0.05) is 24.3 Å². The van der Waals surface area contributed by atoms with Crippen molar-refractivity contribution in [3.63, 3.8) is 0 Å². The maximum absolute atomic E-state index is 12.3. The third-order valence-corrected chi connectivity index (χ3v) is 6.13. The standard InChI is InChI=1S/C19H21N3O4S/c1-13-3-2-4-14(9-13)11-21-19(24)17-10-15(5-7-20-17)18(23)22-16-6-8-27(25,26)12-16/h2-5,7,9-10,16H,6,8,11-12H2,1H3,(H,21,24)(H,22,23). The molecule has 27 heavy (non-hydrogen) atoms. The van der Waals surface area contributed by atoms with Crippen molar-refractivity contribution in [2.75, 3.05) is 11.5 Å². The number of carbonyl (C=O) groups excluding carboxylic acids is 2. The SMILES string of the molecule is Cc1cccc(CNC(=O)c2cc(C(=O)NC3CCS(=O)(=O)C3)ccn2)c1. The van der Waals surface area contributed by atoms with Crippen LogP contribution in [0.1, 0.15) is 38.4 Å².